The van der Waals surface area contributed by atoms with Crippen molar-refractivity contribution in [2.75, 3.05) is 14.1 Å². The predicted molar refractivity (Wildman–Crippen MR) is 52.9 cm³/mol. The lowest BCUT2D eigenvalue weighted by Gasteiger charge is -2.37. The van der Waals surface area contributed by atoms with Gasteiger partial charge in [-0.2, -0.15) is 0 Å². The maximum Gasteiger partial charge on any atom is 0.0682 e. The molecule has 0 amide bonds. The van der Waals surface area contributed by atoms with Crippen LogP contribution in [-0.4, -0.2) is 24.7 Å². The molecule has 1 aliphatic rings. The predicted octanol–water partition coefficient (Wildman–Crippen LogP) is 1.95. The summed E-state index contributed by atoms with van der Waals surface area (Å²) in [6.07, 6.45) is 9.08. The summed E-state index contributed by atoms with van der Waals surface area (Å²) in [7, 11) is 4.20. The molecule has 0 unspecified atom stereocenters. The normalized spacial score (nSPS) is 25.0. The second kappa shape index (κ2) is 4.24. The van der Waals surface area contributed by atoms with Crippen LogP contribution in [0.15, 0.2) is 0 Å². The van der Waals surface area contributed by atoms with Crippen LogP contribution in [0.5, 0.6) is 0 Å². The van der Waals surface area contributed by atoms with Crippen molar-refractivity contribution >= 4 is 0 Å². The number of hydrogen-bond acceptors (Lipinski definition) is 2. The van der Waals surface area contributed by atoms with Gasteiger partial charge in [0.25, 0.3) is 0 Å². The molecule has 0 radical (unpaired) electrons. The van der Waals surface area contributed by atoms with Crippen LogP contribution in [0.3, 0.4) is 0 Å². The van der Waals surface area contributed by atoms with Crippen LogP contribution < -0.4 is 5.73 Å². The van der Waals surface area contributed by atoms with E-state index in [1.807, 2.05) is 0 Å². The van der Waals surface area contributed by atoms with Crippen LogP contribution in [0, 0.1) is 0 Å². The van der Waals surface area contributed by atoms with Crippen molar-refractivity contribution in [1.82, 2.24) is 4.90 Å². The van der Waals surface area contributed by atoms with Crippen LogP contribution >= 0.6 is 0 Å². The van der Waals surface area contributed by atoms with E-state index in [0.29, 0.717) is 0 Å². The van der Waals surface area contributed by atoms with Gasteiger partial charge < -0.3 is 5.73 Å². The highest BCUT2D eigenvalue weighted by molar-refractivity contribution is 4.82. The van der Waals surface area contributed by atoms with Crippen LogP contribution in [0.25, 0.3) is 0 Å². The lowest BCUT2D eigenvalue weighted by molar-refractivity contribution is 0.120. The fraction of sp³-hybridized carbons (Fsp3) is 1.00. The third-order valence-corrected chi connectivity index (χ3v) is 3.11. The van der Waals surface area contributed by atoms with Gasteiger partial charge in [-0.25, -0.2) is 0 Å². The number of nitrogens with zero attached hydrogens (tertiary/aromatic N) is 1. The van der Waals surface area contributed by atoms with E-state index < -0.39 is 0 Å². The summed E-state index contributed by atoms with van der Waals surface area (Å²) in [4.78, 5) is 2.19. The molecule has 0 bridgehead atoms. The molecular weight excluding hydrogens is 148 g/mol. The molecule has 0 aliphatic heterocycles. The highest BCUT2D eigenvalue weighted by atomic mass is 15.2. The minimum atomic E-state index is -0.0135. The molecule has 0 atom stereocenters. The smallest absolute Gasteiger partial charge is 0.0682 e. The second-order valence-electron chi connectivity index (χ2n) is 4.27. The number of rotatable bonds is 1. The van der Waals surface area contributed by atoms with E-state index in [9.17, 15) is 0 Å². The Labute approximate surface area is 76.1 Å². The zero-order valence-corrected chi connectivity index (χ0v) is 8.47. The average Bonchev–Trinajstić information content (AvgIpc) is 1.97. The molecule has 1 rings (SSSR count). The van der Waals surface area contributed by atoms with E-state index in [1.165, 1.54) is 44.9 Å². The summed E-state index contributed by atoms with van der Waals surface area (Å²) in [6, 6.07) is 0. The van der Waals surface area contributed by atoms with Crippen LogP contribution in [0.4, 0.5) is 0 Å². The third-order valence-electron chi connectivity index (χ3n) is 3.11. The molecule has 1 fully saturated rings. The summed E-state index contributed by atoms with van der Waals surface area (Å²) < 4.78 is 0. The first-order valence-electron chi connectivity index (χ1n) is 5.11. The summed E-state index contributed by atoms with van der Waals surface area (Å²) in [6.45, 7) is 0. The standard InChI is InChI=1S/C10H22N2/c1-12(2)10(11)8-6-4-3-5-7-9-10/h3-9,11H2,1-2H3. The lowest BCUT2D eigenvalue weighted by Crippen LogP contribution is -2.52. The molecule has 72 valence electrons. The number of nitrogens with two attached hydrogens (primary N) is 1. The van der Waals surface area contributed by atoms with Crippen LogP contribution in [0.1, 0.15) is 44.9 Å². The Hall–Kier alpha value is -0.0800. The Bertz CT molecular complexity index is 124. The molecule has 0 aromatic carbocycles. The largest absolute Gasteiger partial charge is 0.313 e. The molecular formula is C10H22N2. The monoisotopic (exact) mass is 170 g/mol. The molecule has 1 aliphatic carbocycles. The highest BCUT2D eigenvalue weighted by Crippen LogP contribution is 2.25. The SMILES string of the molecule is CN(C)C1(N)CCCCCCC1. The minimum absolute atomic E-state index is 0.0135. The first kappa shape index (κ1) is 10.0. The maximum atomic E-state index is 6.30. The van der Waals surface area contributed by atoms with Crippen LogP contribution in [-0.2, 0) is 0 Å². The molecule has 2 N–H and O–H groups in total. The van der Waals surface area contributed by atoms with E-state index in [2.05, 4.69) is 19.0 Å². The zero-order chi connectivity index (χ0) is 9.03. The van der Waals surface area contributed by atoms with E-state index in [0.717, 1.165) is 0 Å². The van der Waals surface area contributed by atoms with Gasteiger partial charge in [0.1, 0.15) is 0 Å². The van der Waals surface area contributed by atoms with Crippen molar-refractivity contribution in [2.45, 2.75) is 50.6 Å². The Kier molecular flexibility index (Phi) is 3.53. The Morgan fingerprint density at radius 2 is 1.33 bits per heavy atom. The van der Waals surface area contributed by atoms with Crippen molar-refractivity contribution in [1.29, 1.82) is 0 Å². The zero-order valence-electron chi connectivity index (χ0n) is 8.47. The highest BCUT2D eigenvalue weighted by Gasteiger charge is 2.27. The van der Waals surface area contributed by atoms with E-state index in [4.69, 9.17) is 5.73 Å². The van der Waals surface area contributed by atoms with E-state index >= 15 is 0 Å². The molecule has 0 aromatic heterocycles. The molecule has 2 nitrogen and oxygen atoms in total. The van der Waals surface area contributed by atoms with Gasteiger partial charge in [0, 0.05) is 0 Å². The maximum absolute atomic E-state index is 6.30. The Balaban J connectivity index is 2.48. The van der Waals surface area contributed by atoms with Gasteiger partial charge in [-0.1, -0.05) is 32.1 Å². The molecule has 0 spiro atoms. The van der Waals surface area contributed by atoms with Crippen LogP contribution in [0.2, 0.25) is 0 Å². The molecule has 0 saturated heterocycles. The van der Waals surface area contributed by atoms with Gasteiger partial charge in [-0.3, -0.25) is 4.90 Å². The quantitative estimate of drug-likeness (QED) is 0.609. The first-order valence-corrected chi connectivity index (χ1v) is 5.11. The summed E-state index contributed by atoms with van der Waals surface area (Å²) >= 11 is 0. The second-order valence-corrected chi connectivity index (χ2v) is 4.27. The van der Waals surface area contributed by atoms with E-state index in [-0.39, 0.29) is 5.66 Å². The molecule has 0 aromatic rings. The molecule has 12 heavy (non-hydrogen) atoms. The Morgan fingerprint density at radius 3 is 1.75 bits per heavy atom. The molecule has 0 heterocycles. The average molecular weight is 170 g/mol. The van der Waals surface area contributed by atoms with Gasteiger partial charge in [0.15, 0.2) is 0 Å². The van der Waals surface area contributed by atoms with Gasteiger partial charge in [-0.05, 0) is 26.9 Å². The summed E-state index contributed by atoms with van der Waals surface area (Å²) in [5.41, 5.74) is 6.28. The minimum Gasteiger partial charge on any atom is -0.313 e. The van der Waals surface area contributed by atoms with Gasteiger partial charge >= 0.3 is 0 Å². The molecule has 1 saturated carbocycles. The van der Waals surface area contributed by atoms with Crippen molar-refractivity contribution in [3.63, 3.8) is 0 Å². The first-order chi connectivity index (χ1) is 5.65. The number of hydrogen-bond donors (Lipinski definition) is 1. The lowest BCUT2D eigenvalue weighted by atomic mass is 9.91. The van der Waals surface area contributed by atoms with Crippen molar-refractivity contribution in [2.24, 2.45) is 5.73 Å². The molecule has 2 heteroatoms. The van der Waals surface area contributed by atoms with Crippen molar-refractivity contribution in [3.05, 3.63) is 0 Å². The summed E-state index contributed by atoms with van der Waals surface area (Å²) in [5.74, 6) is 0. The van der Waals surface area contributed by atoms with Gasteiger partial charge in [-0.15, -0.1) is 0 Å². The fourth-order valence-electron chi connectivity index (χ4n) is 1.96. The Morgan fingerprint density at radius 1 is 0.917 bits per heavy atom. The van der Waals surface area contributed by atoms with Crippen molar-refractivity contribution < 1.29 is 0 Å². The van der Waals surface area contributed by atoms with E-state index in [1.54, 1.807) is 0 Å². The third kappa shape index (κ3) is 2.46. The van der Waals surface area contributed by atoms with Gasteiger partial charge in [0.2, 0.25) is 0 Å². The fourth-order valence-corrected chi connectivity index (χ4v) is 1.96. The van der Waals surface area contributed by atoms with Gasteiger partial charge in [0.05, 0.1) is 5.66 Å². The summed E-state index contributed by atoms with van der Waals surface area (Å²) in [5, 5.41) is 0. The topological polar surface area (TPSA) is 29.3 Å². The van der Waals surface area contributed by atoms with Crippen molar-refractivity contribution in [3.8, 4) is 0 Å².